The molecule has 0 bridgehead atoms. The van der Waals surface area contributed by atoms with Gasteiger partial charge in [-0.25, -0.2) is 0 Å². The quantitative estimate of drug-likeness (QED) is 0.687. The molecule has 2 aromatic rings. The molecule has 0 spiro atoms. The van der Waals surface area contributed by atoms with Gasteiger partial charge in [0.15, 0.2) is 0 Å². The first-order valence-electron chi connectivity index (χ1n) is 6.85. The number of pyridine rings is 1. The zero-order valence-electron chi connectivity index (χ0n) is 12.5. The van der Waals surface area contributed by atoms with Gasteiger partial charge in [0.25, 0.3) is 11.8 Å². The van der Waals surface area contributed by atoms with Crippen molar-refractivity contribution < 1.29 is 9.59 Å². The van der Waals surface area contributed by atoms with Crippen LogP contribution in [0.1, 0.15) is 15.9 Å². The molecule has 1 aromatic heterocycles. The Morgan fingerprint density at radius 1 is 1.08 bits per heavy atom. The van der Waals surface area contributed by atoms with Crippen molar-refractivity contribution in [3.8, 4) is 0 Å². The lowest BCUT2D eigenvalue weighted by Gasteiger charge is -2.12. The summed E-state index contributed by atoms with van der Waals surface area (Å²) in [5, 5.41) is 3.29. The molecule has 0 radical (unpaired) electrons. The summed E-state index contributed by atoms with van der Waals surface area (Å²) >= 11 is 11.8. The van der Waals surface area contributed by atoms with Crippen molar-refractivity contribution in [1.82, 2.24) is 21.2 Å². The van der Waals surface area contributed by atoms with Gasteiger partial charge >= 0.3 is 0 Å². The SMILES string of the molecule is C=C(NNC(=O)CNC(=O)c1cccnc1)c1ccc(Cl)c(Cl)c1. The molecule has 0 aliphatic heterocycles. The van der Waals surface area contributed by atoms with E-state index >= 15 is 0 Å². The first kappa shape index (κ1) is 17.8. The van der Waals surface area contributed by atoms with E-state index in [1.54, 1.807) is 36.5 Å². The average molecular weight is 365 g/mol. The highest BCUT2D eigenvalue weighted by Crippen LogP contribution is 2.24. The maximum Gasteiger partial charge on any atom is 0.257 e. The second kappa shape index (κ2) is 8.33. The molecule has 0 atom stereocenters. The number of halogens is 2. The molecule has 24 heavy (non-hydrogen) atoms. The minimum absolute atomic E-state index is 0.199. The van der Waals surface area contributed by atoms with E-state index in [2.05, 4.69) is 27.7 Å². The lowest BCUT2D eigenvalue weighted by molar-refractivity contribution is -0.120. The van der Waals surface area contributed by atoms with Crippen LogP contribution >= 0.6 is 23.2 Å². The minimum Gasteiger partial charge on any atom is -0.343 e. The normalized spacial score (nSPS) is 9.92. The largest absolute Gasteiger partial charge is 0.343 e. The molecule has 3 N–H and O–H groups in total. The third kappa shape index (κ3) is 4.97. The molecular formula is C16H14Cl2N4O2. The number of aromatic nitrogens is 1. The van der Waals surface area contributed by atoms with Crippen LogP contribution in [0.4, 0.5) is 0 Å². The molecule has 6 nitrogen and oxygen atoms in total. The minimum atomic E-state index is -0.437. The van der Waals surface area contributed by atoms with Crippen LogP contribution in [0.5, 0.6) is 0 Å². The van der Waals surface area contributed by atoms with E-state index in [0.717, 1.165) is 0 Å². The number of hydrogen-bond acceptors (Lipinski definition) is 4. The summed E-state index contributed by atoms with van der Waals surface area (Å²) in [5.41, 5.74) is 6.55. The highest BCUT2D eigenvalue weighted by Gasteiger charge is 2.08. The monoisotopic (exact) mass is 364 g/mol. The van der Waals surface area contributed by atoms with Gasteiger partial charge in [0.05, 0.1) is 27.9 Å². The van der Waals surface area contributed by atoms with E-state index in [1.807, 2.05) is 0 Å². The fourth-order valence-corrected chi connectivity index (χ4v) is 2.00. The predicted octanol–water partition coefficient (Wildman–Crippen LogP) is 2.41. The van der Waals surface area contributed by atoms with Crippen molar-refractivity contribution in [2.45, 2.75) is 0 Å². The van der Waals surface area contributed by atoms with E-state index < -0.39 is 5.91 Å². The Morgan fingerprint density at radius 2 is 1.88 bits per heavy atom. The van der Waals surface area contributed by atoms with Gasteiger partial charge in [-0.05, 0) is 24.3 Å². The van der Waals surface area contributed by atoms with Gasteiger partial charge in [0.1, 0.15) is 0 Å². The van der Waals surface area contributed by atoms with Crippen LogP contribution in [0.25, 0.3) is 5.70 Å². The highest BCUT2D eigenvalue weighted by atomic mass is 35.5. The first-order valence-corrected chi connectivity index (χ1v) is 7.60. The Labute approximate surface area is 148 Å². The number of nitrogens with zero attached hydrogens (tertiary/aromatic N) is 1. The summed E-state index contributed by atoms with van der Waals surface area (Å²) in [5.74, 6) is -0.824. The van der Waals surface area contributed by atoms with Crippen molar-refractivity contribution >= 4 is 40.7 Å². The number of hydrogen-bond donors (Lipinski definition) is 3. The first-order chi connectivity index (χ1) is 11.5. The van der Waals surface area contributed by atoms with Gasteiger partial charge in [-0.2, -0.15) is 0 Å². The van der Waals surface area contributed by atoms with Gasteiger partial charge in [-0.1, -0.05) is 35.8 Å². The Balaban J connectivity index is 1.79. The number of benzene rings is 1. The third-order valence-corrected chi connectivity index (χ3v) is 3.69. The van der Waals surface area contributed by atoms with Crippen LogP contribution in [0.3, 0.4) is 0 Å². The maximum absolute atomic E-state index is 11.8. The van der Waals surface area contributed by atoms with Gasteiger partial charge in [0.2, 0.25) is 0 Å². The fraction of sp³-hybridized carbons (Fsp3) is 0.0625. The summed E-state index contributed by atoms with van der Waals surface area (Å²) in [7, 11) is 0. The average Bonchev–Trinajstić information content (AvgIpc) is 2.60. The number of hydrazine groups is 1. The van der Waals surface area contributed by atoms with Crippen molar-refractivity contribution in [2.24, 2.45) is 0 Å². The summed E-state index contributed by atoms with van der Waals surface area (Å²) in [6.45, 7) is 3.59. The summed E-state index contributed by atoms with van der Waals surface area (Å²) in [4.78, 5) is 27.4. The maximum atomic E-state index is 11.8. The topological polar surface area (TPSA) is 83.1 Å². The van der Waals surface area contributed by atoms with Crippen LogP contribution in [-0.2, 0) is 4.79 Å². The smallest absolute Gasteiger partial charge is 0.257 e. The molecule has 2 rings (SSSR count). The molecule has 0 unspecified atom stereocenters. The molecule has 0 saturated heterocycles. The Morgan fingerprint density at radius 3 is 2.54 bits per heavy atom. The molecule has 2 amide bonds. The van der Waals surface area contributed by atoms with E-state index in [9.17, 15) is 9.59 Å². The number of rotatable bonds is 6. The van der Waals surface area contributed by atoms with Gasteiger partial charge in [-0.15, -0.1) is 0 Å². The Hall–Kier alpha value is -2.57. The standard InChI is InChI=1S/C16H14Cl2N4O2/c1-10(11-4-5-13(17)14(18)7-11)21-22-15(23)9-20-16(24)12-3-2-6-19-8-12/h2-8,21H,1,9H2,(H,20,24)(H,22,23). The summed E-state index contributed by atoms with van der Waals surface area (Å²) < 4.78 is 0. The summed E-state index contributed by atoms with van der Waals surface area (Å²) in [6.07, 6.45) is 2.97. The van der Waals surface area contributed by atoms with E-state index in [0.29, 0.717) is 26.9 Å². The zero-order chi connectivity index (χ0) is 17.5. The van der Waals surface area contributed by atoms with E-state index in [1.165, 1.54) is 6.20 Å². The fourth-order valence-electron chi connectivity index (χ4n) is 1.71. The second-order valence-electron chi connectivity index (χ2n) is 4.70. The van der Waals surface area contributed by atoms with Crippen molar-refractivity contribution in [3.05, 3.63) is 70.5 Å². The number of carbonyl (C=O) groups excluding carboxylic acids is 2. The molecule has 124 valence electrons. The second-order valence-corrected chi connectivity index (χ2v) is 5.52. The highest BCUT2D eigenvalue weighted by molar-refractivity contribution is 6.42. The number of carbonyl (C=O) groups is 2. The van der Waals surface area contributed by atoms with Crippen LogP contribution in [-0.4, -0.2) is 23.3 Å². The molecule has 8 heteroatoms. The van der Waals surface area contributed by atoms with Crippen LogP contribution in [0.15, 0.2) is 49.3 Å². The molecule has 0 aliphatic carbocycles. The molecule has 0 aliphatic rings. The molecule has 0 saturated carbocycles. The molecule has 1 aromatic carbocycles. The lowest BCUT2D eigenvalue weighted by Crippen LogP contribution is -2.42. The Kier molecular flexibility index (Phi) is 6.17. The zero-order valence-corrected chi connectivity index (χ0v) is 14.0. The van der Waals surface area contributed by atoms with Crippen molar-refractivity contribution in [1.29, 1.82) is 0 Å². The molecule has 1 heterocycles. The van der Waals surface area contributed by atoms with E-state index in [4.69, 9.17) is 23.2 Å². The van der Waals surface area contributed by atoms with Gasteiger partial charge in [0, 0.05) is 18.0 Å². The van der Waals surface area contributed by atoms with Crippen molar-refractivity contribution in [2.75, 3.05) is 6.54 Å². The van der Waals surface area contributed by atoms with Crippen LogP contribution in [0, 0.1) is 0 Å². The van der Waals surface area contributed by atoms with E-state index in [-0.39, 0.29) is 12.5 Å². The molecular weight excluding hydrogens is 351 g/mol. The summed E-state index contributed by atoms with van der Waals surface area (Å²) in [6, 6.07) is 8.19. The van der Waals surface area contributed by atoms with Gasteiger partial charge in [-0.3, -0.25) is 25.4 Å². The number of nitrogens with one attached hydrogen (secondary N) is 3. The van der Waals surface area contributed by atoms with Crippen molar-refractivity contribution in [3.63, 3.8) is 0 Å². The van der Waals surface area contributed by atoms with Crippen LogP contribution < -0.4 is 16.2 Å². The third-order valence-electron chi connectivity index (χ3n) is 2.95. The number of amides is 2. The van der Waals surface area contributed by atoms with Gasteiger partial charge < -0.3 is 5.32 Å². The lowest BCUT2D eigenvalue weighted by atomic mass is 10.2. The molecule has 0 fully saturated rings. The predicted molar refractivity (Wildman–Crippen MR) is 93.3 cm³/mol. The Bertz CT molecular complexity index is 766. The van der Waals surface area contributed by atoms with Crippen LogP contribution in [0.2, 0.25) is 10.0 Å².